The van der Waals surface area contributed by atoms with Gasteiger partial charge in [0, 0.05) is 18.2 Å². The van der Waals surface area contributed by atoms with Crippen molar-refractivity contribution in [2.75, 3.05) is 4.72 Å². The molecule has 0 saturated heterocycles. The Morgan fingerprint density at radius 1 is 1.07 bits per heavy atom. The van der Waals surface area contributed by atoms with Crippen molar-refractivity contribution in [1.82, 2.24) is 15.5 Å². The number of hydrogen-bond donors (Lipinski definition) is 2. The summed E-state index contributed by atoms with van der Waals surface area (Å²) in [6.45, 7) is 3.44. The minimum Gasteiger partial charge on any atom is -0.347 e. The SMILES string of the molecule is CC(=O)NCc1nc(-c2ccc(NS(=O)(=O)c3ccc(C)cc3)cc2)no1. The van der Waals surface area contributed by atoms with Crippen molar-refractivity contribution in [3.63, 3.8) is 0 Å². The molecular weight excluding hydrogens is 368 g/mol. The third-order valence-electron chi connectivity index (χ3n) is 3.68. The van der Waals surface area contributed by atoms with Gasteiger partial charge in [0.05, 0.1) is 11.4 Å². The van der Waals surface area contributed by atoms with E-state index in [1.165, 1.54) is 6.92 Å². The van der Waals surface area contributed by atoms with Gasteiger partial charge in [0.1, 0.15) is 0 Å². The summed E-state index contributed by atoms with van der Waals surface area (Å²) in [7, 11) is -3.66. The van der Waals surface area contributed by atoms with E-state index in [-0.39, 0.29) is 23.2 Å². The number of aryl methyl sites for hydroxylation is 1. The van der Waals surface area contributed by atoms with Crippen LogP contribution in [0.1, 0.15) is 18.4 Å². The second-order valence-electron chi connectivity index (χ2n) is 5.92. The molecule has 140 valence electrons. The van der Waals surface area contributed by atoms with E-state index >= 15 is 0 Å². The van der Waals surface area contributed by atoms with E-state index in [1.807, 2.05) is 6.92 Å². The summed E-state index contributed by atoms with van der Waals surface area (Å²) in [5.74, 6) is 0.438. The van der Waals surface area contributed by atoms with Crippen molar-refractivity contribution < 1.29 is 17.7 Å². The second kappa shape index (κ2) is 7.58. The van der Waals surface area contributed by atoms with Crippen LogP contribution in [0.3, 0.4) is 0 Å². The van der Waals surface area contributed by atoms with E-state index in [1.54, 1.807) is 48.5 Å². The molecule has 2 N–H and O–H groups in total. The monoisotopic (exact) mass is 386 g/mol. The van der Waals surface area contributed by atoms with E-state index in [2.05, 4.69) is 20.2 Å². The molecule has 0 bridgehead atoms. The first-order valence-electron chi connectivity index (χ1n) is 8.10. The minimum absolute atomic E-state index is 0.150. The fourth-order valence-corrected chi connectivity index (χ4v) is 3.32. The third kappa shape index (κ3) is 4.70. The molecule has 9 heteroatoms. The largest absolute Gasteiger partial charge is 0.347 e. The molecule has 0 atom stereocenters. The van der Waals surface area contributed by atoms with Crippen molar-refractivity contribution in [3.8, 4) is 11.4 Å². The summed E-state index contributed by atoms with van der Waals surface area (Å²) < 4.78 is 32.4. The van der Waals surface area contributed by atoms with Crippen molar-refractivity contribution in [3.05, 3.63) is 60.0 Å². The summed E-state index contributed by atoms with van der Waals surface area (Å²) in [5.41, 5.74) is 2.06. The topological polar surface area (TPSA) is 114 Å². The number of anilines is 1. The van der Waals surface area contributed by atoms with Gasteiger partial charge < -0.3 is 9.84 Å². The normalized spacial score (nSPS) is 11.2. The zero-order valence-corrected chi connectivity index (χ0v) is 15.6. The van der Waals surface area contributed by atoms with E-state index in [0.717, 1.165) is 5.56 Å². The first-order valence-corrected chi connectivity index (χ1v) is 9.59. The summed E-state index contributed by atoms with van der Waals surface area (Å²) >= 11 is 0. The summed E-state index contributed by atoms with van der Waals surface area (Å²) in [6, 6.07) is 13.2. The Hall–Kier alpha value is -3.20. The van der Waals surface area contributed by atoms with Gasteiger partial charge in [-0.2, -0.15) is 4.98 Å². The lowest BCUT2D eigenvalue weighted by atomic mass is 10.2. The standard InChI is InChI=1S/C18H18N4O4S/c1-12-3-9-16(10-4-12)27(24,25)22-15-7-5-14(6-8-15)18-20-17(26-21-18)11-19-13(2)23/h3-10,22H,11H2,1-2H3,(H,19,23). The van der Waals surface area contributed by atoms with Crippen LogP contribution < -0.4 is 10.0 Å². The van der Waals surface area contributed by atoms with E-state index < -0.39 is 10.0 Å². The number of carbonyl (C=O) groups excluding carboxylic acids is 1. The van der Waals surface area contributed by atoms with Crippen LogP contribution in [0.2, 0.25) is 0 Å². The van der Waals surface area contributed by atoms with Gasteiger partial charge in [-0.05, 0) is 43.3 Å². The second-order valence-corrected chi connectivity index (χ2v) is 7.60. The number of nitrogens with one attached hydrogen (secondary N) is 2. The van der Waals surface area contributed by atoms with Gasteiger partial charge in [-0.3, -0.25) is 9.52 Å². The number of amides is 1. The number of aromatic nitrogens is 2. The number of sulfonamides is 1. The first-order chi connectivity index (χ1) is 12.8. The molecule has 27 heavy (non-hydrogen) atoms. The molecule has 8 nitrogen and oxygen atoms in total. The Kier molecular flexibility index (Phi) is 5.22. The average molecular weight is 386 g/mol. The molecule has 0 unspecified atom stereocenters. The molecule has 2 aromatic carbocycles. The van der Waals surface area contributed by atoms with Crippen molar-refractivity contribution >= 4 is 21.6 Å². The number of hydrogen-bond acceptors (Lipinski definition) is 6. The predicted molar refractivity (Wildman–Crippen MR) is 99.2 cm³/mol. The van der Waals surface area contributed by atoms with Gasteiger partial charge in [-0.1, -0.05) is 22.9 Å². The van der Waals surface area contributed by atoms with Crippen molar-refractivity contribution in [2.45, 2.75) is 25.3 Å². The molecule has 0 spiro atoms. The lowest BCUT2D eigenvalue weighted by Gasteiger charge is -2.08. The van der Waals surface area contributed by atoms with Crippen LogP contribution in [-0.2, 0) is 21.4 Å². The maximum Gasteiger partial charge on any atom is 0.261 e. The van der Waals surface area contributed by atoms with Gasteiger partial charge in [-0.25, -0.2) is 8.42 Å². The Balaban J connectivity index is 1.72. The number of nitrogens with zero attached hydrogens (tertiary/aromatic N) is 2. The van der Waals surface area contributed by atoms with Crippen LogP contribution in [0.25, 0.3) is 11.4 Å². The van der Waals surface area contributed by atoms with E-state index in [0.29, 0.717) is 17.1 Å². The first kappa shape index (κ1) is 18.6. The summed E-state index contributed by atoms with van der Waals surface area (Å²) in [5, 5.41) is 6.42. The third-order valence-corrected chi connectivity index (χ3v) is 5.08. The molecule has 0 radical (unpaired) electrons. The summed E-state index contributed by atoms with van der Waals surface area (Å²) in [6.07, 6.45) is 0. The fraction of sp³-hybridized carbons (Fsp3) is 0.167. The maximum atomic E-state index is 12.4. The van der Waals surface area contributed by atoms with Crippen LogP contribution in [0, 0.1) is 6.92 Å². The quantitative estimate of drug-likeness (QED) is 0.673. The van der Waals surface area contributed by atoms with Crippen molar-refractivity contribution in [2.24, 2.45) is 0 Å². The highest BCUT2D eigenvalue weighted by Gasteiger charge is 2.14. The Bertz CT molecular complexity index is 1040. The zero-order chi connectivity index (χ0) is 19.4. The zero-order valence-electron chi connectivity index (χ0n) is 14.8. The van der Waals surface area contributed by atoms with Crippen LogP contribution in [0.5, 0.6) is 0 Å². The molecule has 0 aliphatic heterocycles. The number of rotatable bonds is 6. The average Bonchev–Trinajstić information content (AvgIpc) is 3.10. The maximum absolute atomic E-state index is 12.4. The molecule has 3 rings (SSSR count). The van der Waals surface area contributed by atoms with Gasteiger partial charge in [-0.15, -0.1) is 0 Å². The van der Waals surface area contributed by atoms with Crippen molar-refractivity contribution in [1.29, 1.82) is 0 Å². The fourth-order valence-electron chi connectivity index (χ4n) is 2.26. The number of benzene rings is 2. The van der Waals surface area contributed by atoms with Gasteiger partial charge in [0.25, 0.3) is 10.0 Å². The highest BCUT2D eigenvalue weighted by atomic mass is 32.2. The van der Waals surface area contributed by atoms with E-state index in [4.69, 9.17) is 4.52 Å². The Morgan fingerprint density at radius 2 is 1.74 bits per heavy atom. The van der Waals surface area contributed by atoms with Crippen LogP contribution in [0.4, 0.5) is 5.69 Å². The number of carbonyl (C=O) groups is 1. The van der Waals surface area contributed by atoms with Gasteiger partial charge >= 0.3 is 0 Å². The molecular formula is C18H18N4O4S. The molecule has 0 saturated carbocycles. The highest BCUT2D eigenvalue weighted by Crippen LogP contribution is 2.21. The highest BCUT2D eigenvalue weighted by molar-refractivity contribution is 7.92. The van der Waals surface area contributed by atoms with Crippen LogP contribution in [-0.4, -0.2) is 24.5 Å². The molecule has 0 aliphatic rings. The van der Waals surface area contributed by atoms with E-state index in [9.17, 15) is 13.2 Å². The lowest BCUT2D eigenvalue weighted by Crippen LogP contribution is -2.18. The predicted octanol–water partition coefficient (Wildman–Crippen LogP) is 2.48. The van der Waals surface area contributed by atoms with Crippen LogP contribution in [0.15, 0.2) is 57.9 Å². The molecule has 1 amide bonds. The molecule has 0 fully saturated rings. The smallest absolute Gasteiger partial charge is 0.261 e. The Labute approximate surface area is 156 Å². The van der Waals surface area contributed by atoms with Crippen LogP contribution >= 0.6 is 0 Å². The summed E-state index contributed by atoms with van der Waals surface area (Å²) in [4.78, 5) is 15.3. The van der Waals surface area contributed by atoms with Gasteiger partial charge in [0.2, 0.25) is 17.6 Å². The molecule has 1 heterocycles. The van der Waals surface area contributed by atoms with Gasteiger partial charge in [0.15, 0.2) is 0 Å². The molecule has 0 aliphatic carbocycles. The molecule has 3 aromatic rings. The Morgan fingerprint density at radius 3 is 2.37 bits per heavy atom. The molecule has 1 aromatic heterocycles. The lowest BCUT2D eigenvalue weighted by molar-refractivity contribution is -0.119. The minimum atomic E-state index is -3.66.